The lowest BCUT2D eigenvalue weighted by Crippen LogP contribution is -2.00. The van der Waals surface area contributed by atoms with Gasteiger partial charge in [-0.2, -0.15) is 5.26 Å². The summed E-state index contributed by atoms with van der Waals surface area (Å²) in [6.45, 7) is 7.47. The second-order valence-corrected chi connectivity index (χ2v) is 8.89. The fourth-order valence-electron chi connectivity index (χ4n) is 5.43. The van der Waals surface area contributed by atoms with Crippen LogP contribution in [0.1, 0.15) is 5.56 Å². The summed E-state index contributed by atoms with van der Waals surface area (Å²) in [5.41, 5.74) is 7.30. The Bertz CT molecular complexity index is 2020. The van der Waals surface area contributed by atoms with Crippen LogP contribution in [-0.4, -0.2) is 9.13 Å². The highest BCUT2D eigenvalue weighted by molar-refractivity contribution is 6.11. The van der Waals surface area contributed by atoms with Crippen molar-refractivity contribution in [3.63, 3.8) is 0 Å². The van der Waals surface area contributed by atoms with Gasteiger partial charge in [-0.3, -0.25) is 0 Å². The maximum atomic E-state index is 10.0. The number of nitriles is 1. The van der Waals surface area contributed by atoms with E-state index < -0.39 is 0 Å². The molecular weight excluding hydrogens is 440 g/mol. The molecule has 0 amide bonds. The number of fused-ring (bicyclic) bond motifs is 6. The number of rotatable bonds is 2. The molecule has 0 unspecified atom stereocenters. The number of para-hydroxylation sites is 3. The Balaban J connectivity index is 1.59. The predicted octanol–water partition coefficient (Wildman–Crippen LogP) is 8.30. The van der Waals surface area contributed by atoms with E-state index in [2.05, 4.69) is 86.8 Å². The molecule has 0 fully saturated rings. The van der Waals surface area contributed by atoms with Crippen molar-refractivity contribution in [1.29, 1.82) is 5.26 Å². The standard InChI is InChI=1S/C32H18N4/c1-34-22-14-15-32-28(18-22)27-10-4-7-13-31(27)36(32)24-17-21(20-33)16-23(19-24)35-29-11-5-2-8-25(29)26-9-3-6-12-30(26)35/h2-19H. The van der Waals surface area contributed by atoms with Crippen LogP contribution in [0.2, 0.25) is 0 Å². The van der Waals surface area contributed by atoms with Gasteiger partial charge in [-0.25, -0.2) is 4.85 Å². The van der Waals surface area contributed by atoms with Crippen molar-refractivity contribution < 1.29 is 0 Å². The average molecular weight is 459 g/mol. The summed E-state index contributed by atoms with van der Waals surface area (Å²) in [6.07, 6.45) is 0. The largest absolute Gasteiger partial charge is 0.309 e. The summed E-state index contributed by atoms with van der Waals surface area (Å²) in [5.74, 6) is 0. The van der Waals surface area contributed by atoms with Crippen molar-refractivity contribution >= 4 is 49.3 Å². The third kappa shape index (κ3) is 2.79. The van der Waals surface area contributed by atoms with E-state index in [1.165, 1.54) is 10.8 Å². The SMILES string of the molecule is [C-]#[N+]c1ccc2c(c1)c1ccccc1n2-c1cc(C#N)cc(-n2c3ccccc3c3ccccc32)c1. The van der Waals surface area contributed by atoms with E-state index in [-0.39, 0.29) is 0 Å². The number of hydrogen-bond acceptors (Lipinski definition) is 1. The molecule has 0 aliphatic heterocycles. The third-order valence-electron chi connectivity index (χ3n) is 6.91. The van der Waals surface area contributed by atoms with E-state index in [1.807, 2.05) is 42.5 Å². The second kappa shape index (κ2) is 7.60. The van der Waals surface area contributed by atoms with Crippen LogP contribution in [-0.2, 0) is 0 Å². The van der Waals surface area contributed by atoms with Gasteiger partial charge < -0.3 is 9.13 Å². The molecule has 0 N–H and O–H groups in total. The average Bonchev–Trinajstić information content (AvgIpc) is 3.45. The van der Waals surface area contributed by atoms with Crippen molar-refractivity contribution in [1.82, 2.24) is 9.13 Å². The molecule has 166 valence electrons. The van der Waals surface area contributed by atoms with Gasteiger partial charge in [-0.1, -0.05) is 60.7 Å². The molecule has 0 aliphatic rings. The van der Waals surface area contributed by atoms with Gasteiger partial charge in [0.15, 0.2) is 5.69 Å². The highest BCUT2D eigenvalue weighted by Gasteiger charge is 2.16. The molecule has 0 bridgehead atoms. The molecule has 0 saturated heterocycles. The highest BCUT2D eigenvalue weighted by Crippen LogP contribution is 2.37. The summed E-state index contributed by atoms with van der Waals surface area (Å²) >= 11 is 0. The van der Waals surface area contributed by atoms with E-state index in [9.17, 15) is 5.26 Å². The van der Waals surface area contributed by atoms with E-state index in [1.54, 1.807) is 0 Å². The zero-order valence-corrected chi connectivity index (χ0v) is 19.2. The summed E-state index contributed by atoms with van der Waals surface area (Å²) < 4.78 is 4.43. The van der Waals surface area contributed by atoms with Crippen LogP contribution in [0.3, 0.4) is 0 Å². The Hall–Kier alpha value is -5.32. The molecule has 2 aromatic heterocycles. The van der Waals surface area contributed by atoms with Crippen LogP contribution in [0.25, 0.3) is 59.8 Å². The molecule has 0 radical (unpaired) electrons. The van der Waals surface area contributed by atoms with E-state index >= 15 is 0 Å². The smallest absolute Gasteiger partial charge is 0.188 e. The van der Waals surface area contributed by atoms with Crippen molar-refractivity contribution in [2.75, 3.05) is 0 Å². The maximum Gasteiger partial charge on any atom is 0.188 e. The lowest BCUT2D eigenvalue weighted by Gasteiger charge is -2.13. The maximum absolute atomic E-state index is 10.0. The van der Waals surface area contributed by atoms with Crippen LogP contribution in [0.4, 0.5) is 5.69 Å². The Labute approximate surface area is 207 Å². The molecule has 0 atom stereocenters. The van der Waals surface area contributed by atoms with Crippen molar-refractivity contribution in [2.45, 2.75) is 0 Å². The monoisotopic (exact) mass is 458 g/mol. The van der Waals surface area contributed by atoms with Crippen LogP contribution >= 0.6 is 0 Å². The molecule has 0 aliphatic carbocycles. The summed E-state index contributed by atoms with van der Waals surface area (Å²) in [7, 11) is 0. The van der Waals surface area contributed by atoms with Gasteiger partial charge in [-0.15, -0.1) is 0 Å². The molecule has 0 spiro atoms. The van der Waals surface area contributed by atoms with Crippen LogP contribution < -0.4 is 0 Å². The minimum Gasteiger partial charge on any atom is -0.309 e. The second-order valence-electron chi connectivity index (χ2n) is 8.89. The lowest BCUT2D eigenvalue weighted by molar-refractivity contribution is 1.13. The van der Waals surface area contributed by atoms with Gasteiger partial charge in [0.2, 0.25) is 0 Å². The van der Waals surface area contributed by atoms with Crippen LogP contribution in [0, 0.1) is 17.9 Å². The third-order valence-corrected chi connectivity index (χ3v) is 6.91. The molecular formula is C32H18N4. The summed E-state index contributed by atoms with van der Waals surface area (Å²) in [4.78, 5) is 3.64. The van der Waals surface area contributed by atoms with Gasteiger partial charge in [0.1, 0.15) is 0 Å². The highest BCUT2D eigenvalue weighted by atomic mass is 15.0. The number of nitrogens with zero attached hydrogens (tertiary/aromatic N) is 4. The summed E-state index contributed by atoms with van der Waals surface area (Å²) in [5, 5.41) is 14.5. The normalized spacial score (nSPS) is 11.3. The number of benzene rings is 5. The molecule has 5 aromatic carbocycles. The minimum absolute atomic E-state index is 0.591. The molecule has 4 heteroatoms. The molecule has 4 nitrogen and oxygen atoms in total. The lowest BCUT2D eigenvalue weighted by atomic mass is 10.1. The first-order valence-corrected chi connectivity index (χ1v) is 11.7. The van der Waals surface area contributed by atoms with Crippen LogP contribution in [0.5, 0.6) is 0 Å². The van der Waals surface area contributed by atoms with Gasteiger partial charge in [0, 0.05) is 27.5 Å². The zero-order chi connectivity index (χ0) is 24.2. The van der Waals surface area contributed by atoms with Crippen molar-refractivity contribution in [3.05, 3.63) is 126 Å². The van der Waals surface area contributed by atoms with Crippen molar-refractivity contribution in [3.8, 4) is 17.4 Å². The fourth-order valence-corrected chi connectivity index (χ4v) is 5.43. The Morgan fingerprint density at radius 2 is 1.03 bits per heavy atom. The number of aromatic nitrogens is 2. The Morgan fingerprint density at radius 3 is 1.53 bits per heavy atom. The minimum atomic E-state index is 0.591. The molecule has 0 saturated carbocycles. The zero-order valence-electron chi connectivity index (χ0n) is 19.2. The topological polar surface area (TPSA) is 38.0 Å². The van der Waals surface area contributed by atoms with E-state index in [0.717, 1.165) is 44.2 Å². The van der Waals surface area contributed by atoms with Gasteiger partial charge >= 0.3 is 0 Å². The predicted molar refractivity (Wildman–Crippen MR) is 146 cm³/mol. The number of hydrogen-bond donors (Lipinski definition) is 0. The Kier molecular flexibility index (Phi) is 4.24. The first-order valence-electron chi connectivity index (χ1n) is 11.7. The van der Waals surface area contributed by atoms with Crippen LogP contribution in [0.15, 0.2) is 109 Å². The van der Waals surface area contributed by atoms with Gasteiger partial charge in [0.25, 0.3) is 0 Å². The molecule has 7 rings (SSSR count). The Morgan fingerprint density at radius 1 is 0.556 bits per heavy atom. The summed E-state index contributed by atoms with van der Waals surface area (Å²) in [6, 6.07) is 39.2. The van der Waals surface area contributed by atoms with Gasteiger partial charge in [0.05, 0.1) is 40.3 Å². The van der Waals surface area contributed by atoms with Gasteiger partial charge in [-0.05, 0) is 53.9 Å². The molecule has 2 heterocycles. The first kappa shape index (κ1) is 20.1. The van der Waals surface area contributed by atoms with Crippen molar-refractivity contribution in [2.24, 2.45) is 0 Å². The fraction of sp³-hybridized carbons (Fsp3) is 0. The first-order chi connectivity index (χ1) is 17.8. The quantitative estimate of drug-likeness (QED) is 0.240. The van der Waals surface area contributed by atoms with E-state index in [0.29, 0.717) is 11.3 Å². The molecule has 7 aromatic rings. The molecule has 36 heavy (non-hydrogen) atoms. The van der Waals surface area contributed by atoms with E-state index in [4.69, 9.17) is 6.57 Å².